The van der Waals surface area contributed by atoms with Crippen LogP contribution in [0.4, 0.5) is 0 Å². The third kappa shape index (κ3) is 4.42. The summed E-state index contributed by atoms with van der Waals surface area (Å²) in [6, 6.07) is 16.2. The van der Waals surface area contributed by atoms with Crippen molar-refractivity contribution in [2.24, 2.45) is 5.92 Å². The zero-order valence-electron chi connectivity index (χ0n) is 16.2. The predicted octanol–water partition coefficient (Wildman–Crippen LogP) is 3.48. The van der Waals surface area contributed by atoms with Crippen molar-refractivity contribution in [1.29, 1.82) is 0 Å². The van der Waals surface area contributed by atoms with Crippen LogP contribution in [-0.4, -0.2) is 44.8 Å². The number of carbonyl (C=O) groups is 1. The van der Waals surface area contributed by atoms with Crippen LogP contribution < -0.4 is 9.47 Å². The van der Waals surface area contributed by atoms with Gasteiger partial charge in [-0.05, 0) is 30.2 Å². The Kier molecular flexibility index (Phi) is 6.35. The van der Waals surface area contributed by atoms with E-state index >= 15 is 0 Å². The van der Waals surface area contributed by atoms with Gasteiger partial charge in [-0.25, -0.2) is 0 Å². The van der Waals surface area contributed by atoms with Gasteiger partial charge in [0.05, 0.1) is 26.7 Å². The minimum absolute atomic E-state index is 0.0626. The molecule has 0 aliphatic carbocycles. The number of rotatable bonds is 7. The van der Waals surface area contributed by atoms with Crippen molar-refractivity contribution in [3.63, 3.8) is 0 Å². The van der Waals surface area contributed by atoms with E-state index in [1.54, 1.807) is 14.2 Å². The fourth-order valence-electron chi connectivity index (χ4n) is 3.77. The van der Waals surface area contributed by atoms with Gasteiger partial charge in [0.25, 0.3) is 0 Å². The summed E-state index contributed by atoms with van der Waals surface area (Å²) in [6.07, 6.45) is 0. The number of likely N-dealkylation sites (tertiary alicyclic amines) is 1. The van der Waals surface area contributed by atoms with Crippen molar-refractivity contribution < 1.29 is 19.0 Å². The first-order valence-corrected chi connectivity index (χ1v) is 9.31. The van der Waals surface area contributed by atoms with Crippen molar-refractivity contribution in [3.05, 3.63) is 59.7 Å². The van der Waals surface area contributed by atoms with E-state index in [0.717, 1.165) is 18.7 Å². The monoisotopic (exact) mass is 369 g/mol. The third-order valence-corrected chi connectivity index (χ3v) is 5.07. The highest BCUT2D eigenvalue weighted by Gasteiger charge is 2.39. The summed E-state index contributed by atoms with van der Waals surface area (Å²) >= 11 is 0. The molecule has 1 heterocycles. The molecule has 0 N–H and O–H groups in total. The molecule has 1 aliphatic heterocycles. The highest BCUT2D eigenvalue weighted by atomic mass is 16.5. The Morgan fingerprint density at radius 2 is 1.78 bits per heavy atom. The van der Waals surface area contributed by atoms with Gasteiger partial charge in [-0.1, -0.05) is 36.4 Å². The molecule has 0 aromatic heterocycles. The van der Waals surface area contributed by atoms with Crippen LogP contribution in [0.3, 0.4) is 0 Å². The van der Waals surface area contributed by atoms with Crippen molar-refractivity contribution in [2.45, 2.75) is 19.4 Å². The molecule has 0 amide bonds. The molecule has 1 aliphatic rings. The quantitative estimate of drug-likeness (QED) is 0.700. The maximum atomic E-state index is 12.6. The molecule has 0 radical (unpaired) electrons. The number of methoxy groups -OCH3 is 2. The molecule has 0 unspecified atom stereocenters. The lowest BCUT2D eigenvalue weighted by Gasteiger charge is -2.19. The Bertz CT molecular complexity index is 762. The molecular formula is C22H27NO4. The van der Waals surface area contributed by atoms with Crippen LogP contribution in [0, 0.1) is 5.92 Å². The van der Waals surface area contributed by atoms with Gasteiger partial charge < -0.3 is 14.2 Å². The summed E-state index contributed by atoms with van der Waals surface area (Å²) in [5.74, 6) is 1.11. The third-order valence-electron chi connectivity index (χ3n) is 5.07. The van der Waals surface area contributed by atoms with Crippen LogP contribution in [0.25, 0.3) is 0 Å². The Balaban J connectivity index is 1.84. The molecular weight excluding hydrogens is 342 g/mol. The molecule has 27 heavy (non-hydrogen) atoms. The van der Waals surface area contributed by atoms with E-state index in [-0.39, 0.29) is 17.8 Å². The minimum atomic E-state index is -0.188. The predicted molar refractivity (Wildman–Crippen MR) is 104 cm³/mol. The second-order valence-corrected chi connectivity index (χ2v) is 6.76. The summed E-state index contributed by atoms with van der Waals surface area (Å²) in [4.78, 5) is 14.9. The van der Waals surface area contributed by atoms with Crippen LogP contribution >= 0.6 is 0 Å². The second kappa shape index (κ2) is 8.91. The Morgan fingerprint density at radius 1 is 1.04 bits per heavy atom. The number of esters is 1. The standard InChI is InChI=1S/C22H27NO4/c1-4-27-22(24)19-15-23(13-16-8-6-5-7-9-16)14-18(19)17-10-11-20(25-2)21(12-17)26-3/h5-12,18-19H,4,13-15H2,1-3H3/t18-,19+/m1/s1. The fraction of sp³-hybridized carbons (Fsp3) is 0.409. The molecule has 1 fully saturated rings. The Labute approximate surface area is 160 Å². The van der Waals surface area contributed by atoms with Crippen molar-refractivity contribution in [3.8, 4) is 11.5 Å². The van der Waals surface area contributed by atoms with Crippen molar-refractivity contribution in [2.75, 3.05) is 33.9 Å². The molecule has 2 aromatic carbocycles. The molecule has 144 valence electrons. The van der Waals surface area contributed by atoms with Gasteiger partial charge in [-0.2, -0.15) is 0 Å². The van der Waals surface area contributed by atoms with Crippen molar-refractivity contribution in [1.82, 2.24) is 4.90 Å². The zero-order valence-corrected chi connectivity index (χ0v) is 16.2. The molecule has 2 aromatic rings. The van der Waals surface area contributed by atoms with Gasteiger partial charge in [0, 0.05) is 25.6 Å². The molecule has 0 bridgehead atoms. The topological polar surface area (TPSA) is 48.0 Å². The normalized spacial score (nSPS) is 19.7. The van der Waals surface area contributed by atoms with E-state index in [4.69, 9.17) is 14.2 Å². The first kappa shape index (κ1) is 19.2. The lowest BCUT2D eigenvalue weighted by atomic mass is 9.89. The molecule has 5 nitrogen and oxygen atoms in total. The highest BCUT2D eigenvalue weighted by Crippen LogP contribution is 2.38. The van der Waals surface area contributed by atoms with Crippen LogP contribution in [0.1, 0.15) is 24.0 Å². The van der Waals surface area contributed by atoms with Gasteiger partial charge >= 0.3 is 5.97 Å². The van der Waals surface area contributed by atoms with Crippen LogP contribution in [0.5, 0.6) is 11.5 Å². The van der Waals surface area contributed by atoms with E-state index < -0.39 is 0 Å². The zero-order chi connectivity index (χ0) is 19.2. The fourth-order valence-corrected chi connectivity index (χ4v) is 3.77. The first-order chi connectivity index (χ1) is 13.2. The molecule has 0 saturated carbocycles. The number of benzene rings is 2. The minimum Gasteiger partial charge on any atom is -0.493 e. The first-order valence-electron chi connectivity index (χ1n) is 9.31. The molecule has 0 spiro atoms. The maximum Gasteiger partial charge on any atom is 0.310 e. The van der Waals surface area contributed by atoms with E-state index in [1.165, 1.54) is 5.56 Å². The number of nitrogens with zero attached hydrogens (tertiary/aromatic N) is 1. The van der Waals surface area contributed by atoms with Crippen LogP contribution in [0.15, 0.2) is 48.5 Å². The SMILES string of the molecule is CCOC(=O)[C@H]1CN(Cc2ccccc2)C[C@@H]1c1ccc(OC)c(OC)c1. The van der Waals surface area contributed by atoms with E-state index in [2.05, 4.69) is 17.0 Å². The van der Waals surface area contributed by atoms with Gasteiger partial charge in [-0.15, -0.1) is 0 Å². The second-order valence-electron chi connectivity index (χ2n) is 6.76. The number of hydrogen-bond donors (Lipinski definition) is 0. The van der Waals surface area contributed by atoms with Gasteiger partial charge in [0.15, 0.2) is 11.5 Å². The summed E-state index contributed by atoms with van der Waals surface area (Å²) in [7, 11) is 3.25. The smallest absolute Gasteiger partial charge is 0.310 e. The lowest BCUT2D eigenvalue weighted by Crippen LogP contribution is -2.25. The summed E-state index contributed by atoms with van der Waals surface area (Å²) < 4.78 is 16.1. The summed E-state index contributed by atoms with van der Waals surface area (Å²) in [6.45, 7) is 4.55. The molecule has 1 saturated heterocycles. The number of hydrogen-bond acceptors (Lipinski definition) is 5. The van der Waals surface area contributed by atoms with Crippen LogP contribution in [0.2, 0.25) is 0 Å². The number of carbonyl (C=O) groups excluding carboxylic acids is 1. The van der Waals surface area contributed by atoms with E-state index in [0.29, 0.717) is 24.7 Å². The van der Waals surface area contributed by atoms with Crippen molar-refractivity contribution >= 4 is 5.97 Å². The Hall–Kier alpha value is -2.53. The van der Waals surface area contributed by atoms with Gasteiger partial charge in [0.1, 0.15) is 0 Å². The summed E-state index contributed by atoms with van der Waals surface area (Å²) in [5.41, 5.74) is 2.31. The average Bonchev–Trinajstić information content (AvgIpc) is 3.12. The van der Waals surface area contributed by atoms with Gasteiger partial charge in [-0.3, -0.25) is 9.69 Å². The van der Waals surface area contributed by atoms with Crippen LogP contribution in [-0.2, 0) is 16.1 Å². The molecule has 5 heteroatoms. The highest BCUT2D eigenvalue weighted by molar-refractivity contribution is 5.74. The van der Waals surface area contributed by atoms with Gasteiger partial charge in [0.2, 0.25) is 0 Å². The molecule has 2 atom stereocenters. The van der Waals surface area contributed by atoms with E-state index in [9.17, 15) is 4.79 Å². The number of ether oxygens (including phenoxy) is 3. The maximum absolute atomic E-state index is 12.6. The summed E-state index contributed by atoms with van der Waals surface area (Å²) in [5, 5.41) is 0. The molecule has 3 rings (SSSR count). The lowest BCUT2D eigenvalue weighted by molar-refractivity contribution is -0.148. The van der Waals surface area contributed by atoms with E-state index in [1.807, 2.05) is 43.3 Å². The Morgan fingerprint density at radius 3 is 2.44 bits per heavy atom. The largest absolute Gasteiger partial charge is 0.493 e. The average molecular weight is 369 g/mol.